The van der Waals surface area contributed by atoms with Gasteiger partial charge in [0.05, 0.1) is 12.6 Å². The lowest BCUT2D eigenvalue weighted by Crippen LogP contribution is -2.39. The molecule has 1 unspecified atom stereocenters. The standard InChI is InChI=1S/C24H24Cl2N2O2/c1-3-5-18(4-2)24(19-9-13-21(26)14-10-19)28-23(30)16-27-22(29)15-8-17-6-11-20(25)12-7-17/h3-7,9-14,24H,1-2,8,15-16H2,(H,27,29)(H,28,30)/b18-5+. The van der Waals surface area contributed by atoms with Crippen LogP contribution in [0.4, 0.5) is 0 Å². The Morgan fingerprint density at radius 2 is 1.53 bits per heavy atom. The summed E-state index contributed by atoms with van der Waals surface area (Å²) in [5.74, 6) is -0.514. The van der Waals surface area contributed by atoms with Crippen LogP contribution >= 0.6 is 23.2 Å². The fourth-order valence-corrected chi connectivity index (χ4v) is 3.07. The molecule has 4 nitrogen and oxygen atoms in total. The summed E-state index contributed by atoms with van der Waals surface area (Å²) in [7, 11) is 0. The first kappa shape index (κ1) is 23.5. The maximum Gasteiger partial charge on any atom is 0.240 e. The molecular weight excluding hydrogens is 419 g/mol. The Bertz CT molecular complexity index is 919. The van der Waals surface area contributed by atoms with E-state index >= 15 is 0 Å². The molecule has 2 N–H and O–H groups in total. The number of carbonyl (C=O) groups excluding carboxylic acids is 2. The molecule has 1 atom stereocenters. The number of carbonyl (C=O) groups is 2. The van der Waals surface area contributed by atoms with Gasteiger partial charge in [-0.25, -0.2) is 0 Å². The lowest BCUT2D eigenvalue weighted by atomic mass is 9.98. The van der Waals surface area contributed by atoms with Crippen molar-refractivity contribution < 1.29 is 9.59 Å². The van der Waals surface area contributed by atoms with Crippen molar-refractivity contribution in [3.8, 4) is 0 Å². The third kappa shape index (κ3) is 7.54. The van der Waals surface area contributed by atoms with Crippen LogP contribution in [0.1, 0.15) is 23.6 Å². The van der Waals surface area contributed by atoms with E-state index < -0.39 is 6.04 Å². The van der Waals surface area contributed by atoms with Crippen LogP contribution in [-0.2, 0) is 16.0 Å². The molecule has 0 aliphatic heterocycles. The normalized spacial score (nSPS) is 12.0. The van der Waals surface area contributed by atoms with E-state index in [4.69, 9.17) is 23.2 Å². The van der Waals surface area contributed by atoms with Gasteiger partial charge in [-0.05, 0) is 47.4 Å². The van der Waals surface area contributed by atoms with Crippen LogP contribution < -0.4 is 10.6 Å². The zero-order chi connectivity index (χ0) is 21.9. The fraction of sp³-hybridized carbons (Fsp3) is 0.167. The number of nitrogens with one attached hydrogen (secondary N) is 2. The molecule has 0 spiro atoms. The van der Waals surface area contributed by atoms with Crippen LogP contribution in [0.25, 0.3) is 0 Å². The Kier molecular flexibility index (Phi) is 9.39. The second kappa shape index (κ2) is 12.0. The van der Waals surface area contributed by atoms with Crippen LogP contribution in [0.5, 0.6) is 0 Å². The number of hydrogen-bond acceptors (Lipinski definition) is 2. The third-order valence-corrected chi connectivity index (χ3v) is 4.89. The highest BCUT2D eigenvalue weighted by Crippen LogP contribution is 2.24. The summed E-state index contributed by atoms with van der Waals surface area (Å²) in [5.41, 5.74) is 2.62. The smallest absolute Gasteiger partial charge is 0.240 e. The first-order valence-electron chi connectivity index (χ1n) is 9.44. The van der Waals surface area contributed by atoms with Gasteiger partial charge in [0.15, 0.2) is 0 Å². The van der Waals surface area contributed by atoms with E-state index in [1.54, 1.807) is 42.5 Å². The van der Waals surface area contributed by atoms with E-state index in [2.05, 4.69) is 23.8 Å². The number of allylic oxidation sites excluding steroid dienone is 2. The Morgan fingerprint density at radius 3 is 2.10 bits per heavy atom. The van der Waals surface area contributed by atoms with Crippen molar-refractivity contribution in [2.24, 2.45) is 0 Å². The van der Waals surface area contributed by atoms with Crippen molar-refractivity contribution in [2.75, 3.05) is 6.54 Å². The molecule has 6 heteroatoms. The summed E-state index contributed by atoms with van der Waals surface area (Å²) in [6.45, 7) is 7.39. The van der Waals surface area contributed by atoms with Gasteiger partial charge < -0.3 is 10.6 Å². The number of hydrogen-bond donors (Lipinski definition) is 2. The van der Waals surface area contributed by atoms with Crippen molar-refractivity contribution in [1.29, 1.82) is 0 Å². The molecule has 0 saturated carbocycles. The second-order valence-electron chi connectivity index (χ2n) is 6.56. The molecule has 30 heavy (non-hydrogen) atoms. The topological polar surface area (TPSA) is 58.2 Å². The molecule has 2 amide bonds. The summed E-state index contributed by atoms with van der Waals surface area (Å²) in [6.07, 6.45) is 5.91. The summed E-state index contributed by atoms with van der Waals surface area (Å²) < 4.78 is 0. The number of amides is 2. The van der Waals surface area contributed by atoms with Gasteiger partial charge in [0.1, 0.15) is 0 Å². The Morgan fingerprint density at radius 1 is 0.933 bits per heavy atom. The highest BCUT2D eigenvalue weighted by Gasteiger charge is 2.17. The number of halogens is 2. The second-order valence-corrected chi connectivity index (χ2v) is 7.43. The van der Waals surface area contributed by atoms with Gasteiger partial charge in [-0.1, -0.05) is 78.9 Å². The number of rotatable bonds is 10. The van der Waals surface area contributed by atoms with E-state index in [9.17, 15) is 9.59 Å². The summed E-state index contributed by atoms with van der Waals surface area (Å²) in [6, 6.07) is 14.1. The molecule has 2 rings (SSSR count). The molecular formula is C24H24Cl2N2O2. The first-order chi connectivity index (χ1) is 14.4. The van der Waals surface area contributed by atoms with Crippen molar-refractivity contribution >= 4 is 35.0 Å². The minimum atomic E-state index is -0.434. The first-order valence-corrected chi connectivity index (χ1v) is 10.2. The quantitative estimate of drug-likeness (QED) is 0.496. The predicted octanol–water partition coefficient (Wildman–Crippen LogP) is 5.20. The molecule has 156 valence electrons. The van der Waals surface area contributed by atoms with E-state index in [1.807, 2.05) is 24.3 Å². The van der Waals surface area contributed by atoms with Gasteiger partial charge in [-0.15, -0.1) is 0 Å². The predicted molar refractivity (Wildman–Crippen MR) is 124 cm³/mol. The van der Waals surface area contributed by atoms with Crippen LogP contribution in [0, 0.1) is 0 Å². The van der Waals surface area contributed by atoms with Crippen molar-refractivity contribution in [1.82, 2.24) is 10.6 Å². The van der Waals surface area contributed by atoms with Gasteiger partial charge in [-0.3, -0.25) is 9.59 Å². The van der Waals surface area contributed by atoms with E-state index in [-0.39, 0.29) is 24.8 Å². The van der Waals surface area contributed by atoms with E-state index in [0.29, 0.717) is 16.5 Å². The molecule has 0 heterocycles. The average molecular weight is 443 g/mol. The average Bonchev–Trinajstić information content (AvgIpc) is 2.75. The highest BCUT2D eigenvalue weighted by atomic mass is 35.5. The van der Waals surface area contributed by atoms with E-state index in [0.717, 1.165) is 16.7 Å². The number of benzene rings is 2. The third-order valence-electron chi connectivity index (χ3n) is 4.39. The molecule has 0 aliphatic carbocycles. The monoisotopic (exact) mass is 442 g/mol. The molecule has 0 fully saturated rings. The van der Waals surface area contributed by atoms with Crippen molar-refractivity contribution in [2.45, 2.75) is 18.9 Å². The lowest BCUT2D eigenvalue weighted by Gasteiger charge is -2.21. The molecule has 0 aromatic heterocycles. The van der Waals surface area contributed by atoms with Crippen LogP contribution in [0.15, 0.2) is 85.5 Å². The van der Waals surface area contributed by atoms with Gasteiger partial charge in [0.25, 0.3) is 0 Å². The summed E-state index contributed by atoms with van der Waals surface area (Å²) in [5, 5.41) is 6.83. The minimum absolute atomic E-state index is 0.123. The summed E-state index contributed by atoms with van der Waals surface area (Å²) in [4.78, 5) is 24.6. The molecule has 2 aromatic carbocycles. The van der Waals surface area contributed by atoms with Crippen LogP contribution in [0.2, 0.25) is 10.0 Å². The highest BCUT2D eigenvalue weighted by molar-refractivity contribution is 6.30. The van der Waals surface area contributed by atoms with Gasteiger partial charge in [-0.2, -0.15) is 0 Å². The van der Waals surface area contributed by atoms with Crippen molar-refractivity contribution in [3.05, 3.63) is 107 Å². The van der Waals surface area contributed by atoms with Gasteiger partial charge in [0.2, 0.25) is 11.8 Å². The Labute approximate surface area is 187 Å². The largest absolute Gasteiger partial charge is 0.347 e. The Balaban J connectivity index is 1.94. The molecule has 0 aliphatic rings. The molecule has 0 saturated heterocycles. The summed E-state index contributed by atoms with van der Waals surface area (Å²) >= 11 is 11.8. The molecule has 2 aromatic rings. The van der Waals surface area contributed by atoms with Crippen molar-refractivity contribution in [3.63, 3.8) is 0 Å². The van der Waals surface area contributed by atoms with Crippen LogP contribution in [0.3, 0.4) is 0 Å². The van der Waals surface area contributed by atoms with E-state index in [1.165, 1.54) is 0 Å². The molecule has 0 bridgehead atoms. The maximum atomic E-state index is 12.5. The van der Waals surface area contributed by atoms with Gasteiger partial charge in [0, 0.05) is 16.5 Å². The van der Waals surface area contributed by atoms with Crippen LogP contribution in [-0.4, -0.2) is 18.4 Å². The zero-order valence-electron chi connectivity index (χ0n) is 16.5. The maximum absolute atomic E-state index is 12.5. The van der Waals surface area contributed by atoms with Gasteiger partial charge >= 0.3 is 0 Å². The zero-order valence-corrected chi connectivity index (χ0v) is 18.0. The molecule has 0 radical (unpaired) electrons. The minimum Gasteiger partial charge on any atom is -0.347 e. The lowest BCUT2D eigenvalue weighted by molar-refractivity contribution is -0.126. The SMILES string of the molecule is C=C/C=C(\C=C)C(NC(=O)CNC(=O)CCc1ccc(Cl)cc1)c1ccc(Cl)cc1. The Hall–Kier alpha value is -2.82. The number of aryl methyl sites for hydroxylation is 1. The fourth-order valence-electron chi connectivity index (χ4n) is 2.82.